The monoisotopic (exact) mass is 292 g/mol. The average Bonchev–Trinajstić information content (AvgIpc) is 3.05. The zero-order valence-corrected chi connectivity index (χ0v) is 13.8. The Balaban J connectivity index is 1.72. The summed E-state index contributed by atoms with van der Waals surface area (Å²) >= 11 is 0. The Morgan fingerprint density at radius 3 is 2.57 bits per heavy atom. The summed E-state index contributed by atoms with van der Waals surface area (Å²) in [4.78, 5) is 14.2. The van der Waals surface area contributed by atoms with Gasteiger partial charge in [-0.15, -0.1) is 0 Å². The summed E-state index contributed by atoms with van der Waals surface area (Å²) in [7, 11) is 2.06. The van der Waals surface area contributed by atoms with Gasteiger partial charge in [0.15, 0.2) is 0 Å². The Hall–Kier alpha value is -1.36. The van der Waals surface area contributed by atoms with E-state index in [4.69, 9.17) is 0 Å². The van der Waals surface area contributed by atoms with Crippen LogP contribution in [-0.2, 0) is 11.3 Å². The van der Waals surface area contributed by atoms with Gasteiger partial charge in [0.05, 0.1) is 18.8 Å². The van der Waals surface area contributed by atoms with Gasteiger partial charge in [-0.3, -0.25) is 14.4 Å². The van der Waals surface area contributed by atoms with Gasteiger partial charge in [0.1, 0.15) is 0 Å². The third kappa shape index (κ3) is 4.06. The highest BCUT2D eigenvalue weighted by Crippen LogP contribution is 2.21. The summed E-state index contributed by atoms with van der Waals surface area (Å²) in [5, 5.41) is 7.49. The summed E-state index contributed by atoms with van der Waals surface area (Å²) in [6.07, 6.45) is 5.06. The second-order valence-corrected chi connectivity index (χ2v) is 6.22. The van der Waals surface area contributed by atoms with Crippen LogP contribution in [0.1, 0.15) is 42.6 Å². The standard InChI is InChI=1S/C16H28N4O/c1-12-13(2)18-20(14(12)3)10-9-17-16(21)11-19(4)15-7-5-6-8-15/h15H,5-11H2,1-4H3,(H,17,21). The van der Waals surface area contributed by atoms with Crippen LogP contribution in [-0.4, -0.2) is 46.8 Å². The Bertz CT molecular complexity index is 489. The van der Waals surface area contributed by atoms with Crippen LogP contribution in [0.2, 0.25) is 0 Å². The van der Waals surface area contributed by atoms with Crippen molar-refractivity contribution in [3.8, 4) is 0 Å². The third-order valence-electron chi connectivity index (χ3n) is 4.73. The number of amides is 1. The molecule has 0 radical (unpaired) electrons. The van der Waals surface area contributed by atoms with E-state index in [0.717, 1.165) is 12.2 Å². The van der Waals surface area contributed by atoms with Crippen LogP contribution in [0.5, 0.6) is 0 Å². The van der Waals surface area contributed by atoms with E-state index in [1.54, 1.807) is 0 Å². The zero-order chi connectivity index (χ0) is 15.4. The highest BCUT2D eigenvalue weighted by Gasteiger charge is 2.20. The number of likely N-dealkylation sites (N-methyl/N-ethyl adjacent to an activating group) is 1. The molecule has 1 aliphatic rings. The van der Waals surface area contributed by atoms with Gasteiger partial charge in [-0.1, -0.05) is 12.8 Å². The zero-order valence-electron chi connectivity index (χ0n) is 13.8. The van der Waals surface area contributed by atoms with Gasteiger partial charge >= 0.3 is 0 Å². The molecule has 1 aromatic rings. The number of aromatic nitrogens is 2. The van der Waals surface area contributed by atoms with E-state index in [9.17, 15) is 4.79 Å². The van der Waals surface area contributed by atoms with Crippen molar-refractivity contribution >= 4 is 5.91 Å². The molecule has 0 unspecified atom stereocenters. The highest BCUT2D eigenvalue weighted by molar-refractivity contribution is 5.77. The number of carbonyl (C=O) groups is 1. The first kappa shape index (κ1) is 16.0. The minimum absolute atomic E-state index is 0.114. The molecule has 21 heavy (non-hydrogen) atoms. The normalized spacial score (nSPS) is 15.9. The SMILES string of the molecule is Cc1nn(CCNC(=O)CN(C)C2CCCC2)c(C)c1C. The smallest absolute Gasteiger partial charge is 0.234 e. The van der Waals surface area contributed by atoms with Gasteiger partial charge in [0.25, 0.3) is 0 Å². The first-order valence-electron chi connectivity index (χ1n) is 7.96. The van der Waals surface area contributed by atoms with Crippen molar-refractivity contribution in [3.63, 3.8) is 0 Å². The maximum absolute atomic E-state index is 12.0. The predicted molar refractivity (Wildman–Crippen MR) is 84.3 cm³/mol. The minimum Gasteiger partial charge on any atom is -0.353 e. The van der Waals surface area contributed by atoms with E-state index in [2.05, 4.69) is 36.2 Å². The lowest BCUT2D eigenvalue weighted by molar-refractivity contribution is -0.122. The lowest BCUT2D eigenvalue weighted by Crippen LogP contribution is -2.40. The Kier molecular flexibility index (Phi) is 5.39. The van der Waals surface area contributed by atoms with Crippen molar-refractivity contribution in [3.05, 3.63) is 17.0 Å². The van der Waals surface area contributed by atoms with Crippen LogP contribution < -0.4 is 5.32 Å². The van der Waals surface area contributed by atoms with Crippen molar-refractivity contribution in [2.24, 2.45) is 0 Å². The van der Waals surface area contributed by atoms with Crippen LogP contribution in [0.25, 0.3) is 0 Å². The van der Waals surface area contributed by atoms with E-state index in [1.165, 1.54) is 36.9 Å². The van der Waals surface area contributed by atoms with Gasteiger partial charge in [-0.2, -0.15) is 5.10 Å². The van der Waals surface area contributed by atoms with Crippen LogP contribution in [0.3, 0.4) is 0 Å². The number of hydrogen-bond acceptors (Lipinski definition) is 3. The van der Waals surface area contributed by atoms with E-state index >= 15 is 0 Å². The van der Waals surface area contributed by atoms with E-state index in [-0.39, 0.29) is 5.91 Å². The second-order valence-electron chi connectivity index (χ2n) is 6.22. The Morgan fingerprint density at radius 1 is 1.33 bits per heavy atom. The summed E-state index contributed by atoms with van der Waals surface area (Å²) in [6.45, 7) is 8.06. The number of aryl methyl sites for hydroxylation is 1. The van der Waals surface area contributed by atoms with Gasteiger partial charge in [-0.05, 0) is 46.2 Å². The molecule has 0 aliphatic heterocycles. The van der Waals surface area contributed by atoms with E-state index in [1.807, 2.05) is 11.6 Å². The lowest BCUT2D eigenvalue weighted by Gasteiger charge is -2.23. The number of nitrogens with one attached hydrogen (secondary N) is 1. The molecule has 1 saturated carbocycles. The van der Waals surface area contributed by atoms with Gasteiger partial charge in [0.2, 0.25) is 5.91 Å². The molecule has 0 spiro atoms. The van der Waals surface area contributed by atoms with Crippen molar-refractivity contribution in [1.29, 1.82) is 0 Å². The topological polar surface area (TPSA) is 50.2 Å². The molecular formula is C16H28N4O. The molecule has 1 aliphatic carbocycles. The van der Waals surface area contributed by atoms with Crippen LogP contribution in [0, 0.1) is 20.8 Å². The molecule has 5 heteroatoms. The fourth-order valence-corrected chi connectivity index (χ4v) is 3.06. The maximum atomic E-state index is 12.0. The molecule has 0 atom stereocenters. The van der Waals surface area contributed by atoms with Crippen molar-refractivity contribution in [2.45, 2.75) is 59.0 Å². The van der Waals surface area contributed by atoms with Gasteiger partial charge in [0, 0.05) is 18.3 Å². The fourth-order valence-electron chi connectivity index (χ4n) is 3.06. The average molecular weight is 292 g/mol. The Morgan fingerprint density at radius 2 is 2.00 bits per heavy atom. The van der Waals surface area contributed by atoms with Crippen molar-refractivity contribution in [1.82, 2.24) is 20.0 Å². The molecule has 0 saturated heterocycles. The van der Waals surface area contributed by atoms with E-state index < -0.39 is 0 Å². The summed E-state index contributed by atoms with van der Waals surface area (Å²) in [5.74, 6) is 0.114. The van der Waals surface area contributed by atoms with Gasteiger partial charge in [-0.25, -0.2) is 0 Å². The molecule has 1 amide bonds. The van der Waals surface area contributed by atoms with Crippen LogP contribution >= 0.6 is 0 Å². The van der Waals surface area contributed by atoms with E-state index in [0.29, 0.717) is 19.1 Å². The predicted octanol–water partition coefficient (Wildman–Crippen LogP) is 1.80. The highest BCUT2D eigenvalue weighted by atomic mass is 16.2. The fraction of sp³-hybridized carbons (Fsp3) is 0.750. The molecule has 0 bridgehead atoms. The van der Waals surface area contributed by atoms with Crippen LogP contribution in [0.15, 0.2) is 0 Å². The maximum Gasteiger partial charge on any atom is 0.234 e. The number of carbonyl (C=O) groups excluding carboxylic acids is 1. The van der Waals surface area contributed by atoms with Crippen LogP contribution in [0.4, 0.5) is 0 Å². The molecule has 1 fully saturated rings. The summed E-state index contributed by atoms with van der Waals surface area (Å²) < 4.78 is 1.98. The molecule has 5 nitrogen and oxygen atoms in total. The first-order valence-corrected chi connectivity index (χ1v) is 7.96. The summed E-state index contributed by atoms with van der Waals surface area (Å²) in [5.41, 5.74) is 3.49. The molecule has 0 aromatic carbocycles. The molecular weight excluding hydrogens is 264 g/mol. The number of nitrogens with zero attached hydrogens (tertiary/aromatic N) is 3. The molecule has 1 aromatic heterocycles. The largest absolute Gasteiger partial charge is 0.353 e. The van der Waals surface area contributed by atoms with Gasteiger partial charge < -0.3 is 5.32 Å². The molecule has 118 valence electrons. The minimum atomic E-state index is 0.114. The second kappa shape index (κ2) is 7.07. The quantitative estimate of drug-likeness (QED) is 0.870. The third-order valence-corrected chi connectivity index (χ3v) is 4.73. The molecule has 1 heterocycles. The molecule has 1 N–H and O–H groups in total. The first-order chi connectivity index (χ1) is 9.99. The van der Waals surface area contributed by atoms with Crippen molar-refractivity contribution in [2.75, 3.05) is 20.1 Å². The van der Waals surface area contributed by atoms with Crippen molar-refractivity contribution < 1.29 is 4.79 Å². The number of rotatable bonds is 6. The Labute approximate surface area is 127 Å². The summed E-state index contributed by atoms with van der Waals surface area (Å²) in [6, 6.07) is 0.592. The number of hydrogen-bond donors (Lipinski definition) is 1. The lowest BCUT2D eigenvalue weighted by atomic mass is 10.2. The molecule has 2 rings (SSSR count).